The zero-order chi connectivity index (χ0) is 14.7. The van der Waals surface area contributed by atoms with Crippen LogP contribution in [0.15, 0.2) is 29.6 Å². The molecule has 0 atom stereocenters. The minimum Gasteiger partial charge on any atom is -0.322 e. The number of hydrogen-bond donors (Lipinski definition) is 1. The molecule has 1 aliphatic heterocycles. The van der Waals surface area contributed by atoms with Crippen LogP contribution >= 0.6 is 11.5 Å². The molecule has 1 aromatic heterocycles. The van der Waals surface area contributed by atoms with E-state index in [9.17, 15) is 4.79 Å². The Labute approximate surface area is 127 Å². The van der Waals surface area contributed by atoms with Crippen LogP contribution in [-0.2, 0) is 0 Å². The summed E-state index contributed by atoms with van der Waals surface area (Å²) in [6.07, 6.45) is 0. The fourth-order valence-corrected chi connectivity index (χ4v) is 2.69. The van der Waals surface area contributed by atoms with Gasteiger partial charge >= 0.3 is 6.03 Å². The number of amides is 2. The van der Waals surface area contributed by atoms with E-state index in [0.29, 0.717) is 0 Å². The lowest BCUT2D eigenvalue weighted by molar-refractivity contribution is 0.164. The van der Waals surface area contributed by atoms with Crippen molar-refractivity contribution < 1.29 is 4.79 Å². The van der Waals surface area contributed by atoms with E-state index in [0.717, 1.165) is 43.1 Å². The number of benzene rings is 1. The van der Waals surface area contributed by atoms with Crippen LogP contribution in [0.4, 0.5) is 10.5 Å². The van der Waals surface area contributed by atoms with Gasteiger partial charge in [0.05, 0.1) is 0 Å². The Morgan fingerprint density at radius 3 is 2.52 bits per heavy atom. The minimum absolute atomic E-state index is 0.0359. The molecule has 0 unspecified atom stereocenters. The average molecular weight is 303 g/mol. The first-order valence-electron chi connectivity index (χ1n) is 6.84. The first-order chi connectivity index (χ1) is 10.2. The second kappa shape index (κ2) is 6.19. The van der Waals surface area contributed by atoms with Crippen molar-refractivity contribution in [3.8, 4) is 11.3 Å². The minimum atomic E-state index is -0.0359. The first-order valence-corrected chi connectivity index (χ1v) is 7.68. The first kappa shape index (κ1) is 14.0. The summed E-state index contributed by atoms with van der Waals surface area (Å²) in [6.45, 7) is 3.38. The quantitative estimate of drug-likeness (QED) is 0.921. The summed E-state index contributed by atoms with van der Waals surface area (Å²) in [5.74, 6) is 0. The van der Waals surface area contributed by atoms with E-state index in [1.165, 1.54) is 11.5 Å². The molecule has 2 aromatic rings. The molecular formula is C14H17N5OS. The van der Waals surface area contributed by atoms with Crippen LogP contribution in [0.3, 0.4) is 0 Å². The topological polar surface area (TPSA) is 61.4 Å². The molecule has 2 amide bonds. The van der Waals surface area contributed by atoms with Crippen LogP contribution < -0.4 is 5.32 Å². The van der Waals surface area contributed by atoms with Crippen LogP contribution in [-0.4, -0.2) is 58.6 Å². The number of carbonyl (C=O) groups excluding carboxylic acids is 1. The molecule has 1 fully saturated rings. The Morgan fingerprint density at radius 2 is 1.90 bits per heavy atom. The van der Waals surface area contributed by atoms with Gasteiger partial charge in [-0.15, -0.1) is 5.10 Å². The molecule has 0 bridgehead atoms. The fourth-order valence-electron chi connectivity index (χ4n) is 2.23. The molecule has 6 nitrogen and oxygen atoms in total. The van der Waals surface area contributed by atoms with Gasteiger partial charge in [-0.2, -0.15) is 0 Å². The van der Waals surface area contributed by atoms with Gasteiger partial charge in [-0.05, 0) is 30.7 Å². The molecule has 7 heteroatoms. The maximum Gasteiger partial charge on any atom is 0.321 e. The average Bonchev–Trinajstić information content (AvgIpc) is 3.03. The number of piperazine rings is 1. The third-order valence-electron chi connectivity index (χ3n) is 3.58. The largest absolute Gasteiger partial charge is 0.322 e. The van der Waals surface area contributed by atoms with E-state index >= 15 is 0 Å². The van der Waals surface area contributed by atoms with Gasteiger partial charge < -0.3 is 15.1 Å². The number of aromatic nitrogens is 2. The molecule has 1 aliphatic rings. The molecule has 1 N–H and O–H groups in total. The molecular weight excluding hydrogens is 286 g/mol. The Morgan fingerprint density at radius 1 is 1.19 bits per heavy atom. The molecule has 110 valence electrons. The third kappa shape index (κ3) is 3.37. The number of likely N-dealkylation sites (N-methyl/N-ethyl adjacent to an activating group) is 1. The number of hydrogen-bond acceptors (Lipinski definition) is 5. The van der Waals surface area contributed by atoms with Crippen molar-refractivity contribution in [2.75, 3.05) is 38.5 Å². The molecule has 0 radical (unpaired) electrons. The van der Waals surface area contributed by atoms with Gasteiger partial charge in [-0.1, -0.05) is 16.6 Å². The van der Waals surface area contributed by atoms with Gasteiger partial charge in [0, 0.05) is 42.8 Å². The van der Waals surface area contributed by atoms with Crippen molar-refractivity contribution in [2.24, 2.45) is 0 Å². The Balaban J connectivity index is 1.61. The van der Waals surface area contributed by atoms with Gasteiger partial charge in [-0.25, -0.2) is 4.79 Å². The summed E-state index contributed by atoms with van der Waals surface area (Å²) in [7, 11) is 2.07. The number of rotatable bonds is 2. The predicted molar refractivity (Wildman–Crippen MR) is 83.4 cm³/mol. The van der Waals surface area contributed by atoms with Crippen molar-refractivity contribution in [3.05, 3.63) is 29.6 Å². The number of anilines is 1. The van der Waals surface area contributed by atoms with Crippen LogP contribution in [0.25, 0.3) is 11.3 Å². The fraction of sp³-hybridized carbons (Fsp3) is 0.357. The smallest absolute Gasteiger partial charge is 0.321 e. The van der Waals surface area contributed by atoms with E-state index in [1.54, 1.807) is 0 Å². The highest BCUT2D eigenvalue weighted by molar-refractivity contribution is 7.03. The Kier molecular flexibility index (Phi) is 4.12. The van der Waals surface area contributed by atoms with Crippen LogP contribution in [0.5, 0.6) is 0 Å². The molecule has 1 aromatic carbocycles. The molecule has 0 spiro atoms. The highest BCUT2D eigenvalue weighted by Gasteiger charge is 2.18. The molecule has 0 saturated carbocycles. The second-order valence-corrected chi connectivity index (χ2v) is 5.70. The molecule has 21 heavy (non-hydrogen) atoms. The highest BCUT2D eigenvalue weighted by atomic mass is 32.1. The standard InChI is InChI=1S/C14H17N5OS/c1-18-6-8-19(9-7-18)14(20)15-12-4-2-11(3-5-12)13-10-21-17-16-13/h2-5,10H,6-9H2,1H3,(H,15,20). The summed E-state index contributed by atoms with van der Waals surface area (Å²) in [5.41, 5.74) is 2.66. The zero-order valence-electron chi connectivity index (χ0n) is 11.8. The van der Waals surface area contributed by atoms with Gasteiger partial charge in [0.1, 0.15) is 5.69 Å². The van der Waals surface area contributed by atoms with Crippen LogP contribution in [0, 0.1) is 0 Å². The molecule has 1 saturated heterocycles. The van der Waals surface area contributed by atoms with Crippen LogP contribution in [0.2, 0.25) is 0 Å². The molecule has 0 aliphatic carbocycles. The van der Waals surface area contributed by atoms with E-state index in [2.05, 4.69) is 26.9 Å². The second-order valence-electron chi connectivity index (χ2n) is 5.09. The Hall–Kier alpha value is -1.99. The maximum atomic E-state index is 12.2. The van der Waals surface area contributed by atoms with E-state index < -0.39 is 0 Å². The van der Waals surface area contributed by atoms with Crippen molar-refractivity contribution in [2.45, 2.75) is 0 Å². The zero-order valence-corrected chi connectivity index (χ0v) is 12.6. The highest BCUT2D eigenvalue weighted by Crippen LogP contribution is 2.20. The third-order valence-corrected chi connectivity index (χ3v) is 4.09. The van der Waals surface area contributed by atoms with Gasteiger partial charge in [0.15, 0.2) is 0 Å². The predicted octanol–water partition coefficient (Wildman–Crippen LogP) is 1.98. The number of urea groups is 1. The lowest BCUT2D eigenvalue weighted by Crippen LogP contribution is -2.48. The summed E-state index contributed by atoms with van der Waals surface area (Å²) < 4.78 is 3.85. The lowest BCUT2D eigenvalue weighted by atomic mass is 10.1. The monoisotopic (exact) mass is 303 g/mol. The van der Waals surface area contributed by atoms with E-state index in [-0.39, 0.29) is 6.03 Å². The van der Waals surface area contributed by atoms with Crippen LogP contribution in [0.1, 0.15) is 0 Å². The summed E-state index contributed by atoms with van der Waals surface area (Å²) in [4.78, 5) is 16.2. The SMILES string of the molecule is CN1CCN(C(=O)Nc2ccc(-c3csnn3)cc2)CC1. The molecule has 3 rings (SSSR count). The van der Waals surface area contributed by atoms with E-state index in [4.69, 9.17) is 0 Å². The van der Waals surface area contributed by atoms with Gasteiger partial charge in [0.2, 0.25) is 0 Å². The number of nitrogens with one attached hydrogen (secondary N) is 1. The van der Waals surface area contributed by atoms with Gasteiger partial charge in [0.25, 0.3) is 0 Å². The normalized spacial score (nSPS) is 16.0. The van der Waals surface area contributed by atoms with Crippen molar-refractivity contribution in [1.82, 2.24) is 19.4 Å². The maximum absolute atomic E-state index is 12.2. The van der Waals surface area contributed by atoms with Crippen molar-refractivity contribution in [3.63, 3.8) is 0 Å². The lowest BCUT2D eigenvalue weighted by Gasteiger charge is -2.32. The molecule has 2 heterocycles. The summed E-state index contributed by atoms with van der Waals surface area (Å²) >= 11 is 1.33. The number of carbonyl (C=O) groups is 1. The number of nitrogens with zero attached hydrogens (tertiary/aromatic N) is 4. The van der Waals surface area contributed by atoms with E-state index in [1.807, 2.05) is 34.5 Å². The Bertz CT molecular complexity index is 590. The van der Waals surface area contributed by atoms with Gasteiger partial charge in [-0.3, -0.25) is 0 Å². The van der Waals surface area contributed by atoms with Crippen molar-refractivity contribution in [1.29, 1.82) is 0 Å². The van der Waals surface area contributed by atoms with Crippen molar-refractivity contribution >= 4 is 23.3 Å². The summed E-state index contributed by atoms with van der Waals surface area (Å²) in [5, 5.41) is 8.86. The summed E-state index contributed by atoms with van der Waals surface area (Å²) in [6, 6.07) is 7.63.